The highest BCUT2D eigenvalue weighted by Crippen LogP contribution is 2.28. The Balaban J connectivity index is 2.36. The van der Waals surface area contributed by atoms with Gasteiger partial charge in [-0.1, -0.05) is 6.07 Å². The molecule has 0 N–H and O–H groups in total. The zero-order valence-corrected chi connectivity index (χ0v) is 9.45. The van der Waals surface area contributed by atoms with E-state index in [1.807, 2.05) is 0 Å². The minimum atomic E-state index is -0.530. The number of allylic oxidation sites excluding steroid dienone is 1. The number of carbonyl (C=O) groups excluding carboxylic acids is 1. The van der Waals surface area contributed by atoms with E-state index in [9.17, 15) is 14.9 Å². The molecule has 0 saturated heterocycles. The molecule has 0 radical (unpaired) electrons. The molecule has 6 nitrogen and oxygen atoms in total. The lowest BCUT2D eigenvalue weighted by Crippen LogP contribution is -1.94. The van der Waals surface area contributed by atoms with Gasteiger partial charge in [-0.25, -0.2) is 4.79 Å². The number of nitro groups is 1. The number of nitro benzene ring substituents is 1. The zero-order valence-electron chi connectivity index (χ0n) is 9.45. The quantitative estimate of drug-likeness (QED) is 0.464. The average molecular weight is 247 g/mol. The summed E-state index contributed by atoms with van der Waals surface area (Å²) in [4.78, 5) is 21.1. The molecule has 1 aliphatic heterocycles. The van der Waals surface area contributed by atoms with E-state index in [0.717, 1.165) is 0 Å². The molecule has 0 spiro atoms. The van der Waals surface area contributed by atoms with Crippen molar-refractivity contribution < 1.29 is 19.2 Å². The van der Waals surface area contributed by atoms with Crippen LogP contribution in [0.2, 0.25) is 0 Å². The second-order valence-electron chi connectivity index (χ2n) is 3.49. The second kappa shape index (κ2) is 4.70. The van der Waals surface area contributed by atoms with Crippen molar-refractivity contribution in [3.05, 3.63) is 51.8 Å². The number of rotatable bonds is 3. The number of ether oxygens (including phenoxy) is 2. The number of benzene rings is 1. The average Bonchev–Trinajstić information content (AvgIpc) is 2.74. The maximum Gasteiger partial charge on any atom is 0.336 e. The van der Waals surface area contributed by atoms with Gasteiger partial charge in [0.05, 0.1) is 12.0 Å². The van der Waals surface area contributed by atoms with Crippen LogP contribution in [0.15, 0.2) is 36.1 Å². The van der Waals surface area contributed by atoms with Gasteiger partial charge < -0.3 is 9.47 Å². The highest BCUT2D eigenvalue weighted by molar-refractivity contribution is 5.87. The van der Waals surface area contributed by atoms with Crippen molar-refractivity contribution in [2.45, 2.75) is 0 Å². The Bertz CT molecular complexity index is 574. The van der Waals surface area contributed by atoms with Crippen LogP contribution in [0, 0.1) is 10.1 Å². The molecule has 0 unspecified atom stereocenters. The Labute approximate surface area is 102 Å². The first kappa shape index (κ1) is 11.8. The first-order valence-corrected chi connectivity index (χ1v) is 5.04. The Morgan fingerprint density at radius 3 is 2.72 bits per heavy atom. The predicted octanol–water partition coefficient (Wildman–Crippen LogP) is 2.06. The number of hydrogen-bond acceptors (Lipinski definition) is 5. The van der Waals surface area contributed by atoms with Gasteiger partial charge in [0, 0.05) is 12.1 Å². The maximum atomic E-state index is 10.8. The summed E-state index contributed by atoms with van der Waals surface area (Å²) in [5, 5.41) is 10.8. The second-order valence-corrected chi connectivity index (χ2v) is 3.49. The van der Waals surface area contributed by atoms with E-state index >= 15 is 0 Å². The summed E-state index contributed by atoms with van der Waals surface area (Å²) in [6.45, 7) is 0. The lowest BCUT2D eigenvalue weighted by Gasteiger charge is -2.02. The van der Waals surface area contributed by atoms with Crippen molar-refractivity contribution in [1.82, 2.24) is 0 Å². The van der Waals surface area contributed by atoms with Crippen LogP contribution in [-0.4, -0.2) is 18.0 Å². The molecule has 6 heteroatoms. The number of hydrogen-bond donors (Lipinski definition) is 0. The topological polar surface area (TPSA) is 78.7 Å². The minimum absolute atomic E-state index is 0.139. The fourth-order valence-electron chi connectivity index (χ4n) is 1.52. The number of nitrogens with zero attached hydrogens (tertiary/aromatic N) is 1. The van der Waals surface area contributed by atoms with Gasteiger partial charge in [-0.3, -0.25) is 10.1 Å². The summed E-state index contributed by atoms with van der Waals surface area (Å²) in [5.41, 5.74) is 0.414. The molecule has 2 rings (SSSR count). The third-order valence-corrected chi connectivity index (χ3v) is 2.31. The third kappa shape index (κ3) is 2.37. The zero-order chi connectivity index (χ0) is 13.1. The lowest BCUT2D eigenvalue weighted by molar-refractivity contribution is -0.385. The van der Waals surface area contributed by atoms with Crippen molar-refractivity contribution in [1.29, 1.82) is 0 Å². The van der Waals surface area contributed by atoms with E-state index in [1.165, 1.54) is 37.5 Å². The molecule has 0 saturated carbocycles. The van der Waals surface area contributed by atoms with Crippen LogP contribution in [0.25, 0.3) is 6.08 Å². The van der Waals surface area contributed by atoms with E-state index in [-0.39, 0.29) is 11.4 Å². The highest BCUT2D eigenvalue weighted by atomic mass is 16.6. The van der Waals surface area contributed by atoms with Crippen LogP contribution in [0.5, 0.6) is 5.75 Å². The van der Waals surface area contributed by atoms with Gasteiger partial charge in [-0.05, 0) is 23.8 Å². The molecule has 92 valence electrons. The summed E-state index contributed by atoms with van der Waals surface area (Å²) < 4.78 is 9.72. The normalized spacial score (nSPS) is 15.8. The molecule has 0 aromatic heterocycles. The van der Waals surface area contributed by atoms with E-state index in [0.29, 0.717) is 11.3 Å². The number of carbonyl (C=O) groups is 1. The lowest BCUT2D eigenvalue weighted by atomic mass is 10.1. The summed E-state index contributed by atoms with van der Waals surface area (Å²) >= 11 is 0. The van der Waals surface area contributed by atoms with Crippen LogP contribution >= 0.6 is 0 Å². The monoisotopic (exact) mass is 247 g/mol. The van der Waals surface area contributed by atoms with Crippen molar-refractivity contribution in [2.24, 2.45) is 0 Å². The first-order valence-electron chi connectivity index (χ1n) is 5.04. The molecule has 0 amide bonds. The molecule has 1 aliphatic rings. The van der Waals surface area contributed by atoms with Gasteiger partial charge in [0.25, 0.3) is 0 Å². The fourth-order valence-corrected chi connectivity index (χ4v) is 1.52. The largest absolute Gasteiger partial charge is 0.490 e. The SMILES string of the molecule is COc1ccc(/C=C2\C=CC(=O)O2)cc1[N+](=O)[O-]. The minimum Gasteiger partial charge on any atom is -0.490 e. The number of esters is 1. The van der Waals surface area contributed by atoms with E-state index in [1.54, 1.807) is 6.07 Å². The smallest absolute Gasteiger partial charge is 0.336 e. The van der Waals surface area contributed by atoms with Gasteiger partial charge in [0.2, 0.25) is 0 Å². The standard InChI is InChI=1S/C12H9NO5/c1-17-11-4-2-8(7-10(11)13(15)16)6-9-3-5-12(14)18-9/h2-7H,1H3/b9-6+. The molecule has 18 heavy (non-hydrogen) atoms. The molecule has 1 heterocycles. The van der Waals surface area contributed by atoms with Crippen LogP contribution in [0.3, 0.4) is 0 Å². The summed E-state index contributed by atoms with van der Waals surface area (Å²) in [7, 11) is 1.36. The molecule has 0 bridgehead atoms. The summed E-state index contributed by atoms with van der Waals surface area (Å²) in [6, 6.07) is 4.48. The Kier molecular flexibility index (Phi) is 3.09. The van der Waals surface area contributed by atoms with E-state index in [4.69, 9.17) is 9.47 Å². The fraction of sp³-hybridized carbons (Fsp3) is 0.0833. The molecule has 0 aliphatic carbocycles. The molecular weight excluding hydrogens is 238 g/mol. The number of cyclic esters (lactones) is 1. The van der Waals surface area contributed by atoms with Gasteiger partial charge in [0.1, 0.15) is 5.76 Å². The maximum absolute atomic E-state index is 10.8. The Morgan fingerprint density at radius 2 is 2.17 bits per heavy atom. The van der Waals surface area contributed by atoms with Crippen LogP contribution in [0.4, 0.5) is 5.69 Å². The summed E-state index contributed by atoms with van der Waals surface area (Å²) in [6.07, 6.45) is 4.32. The molecule has 0 atom stereocenters. The Morgan fingerprint density at radius 1 is 1.39 bits per heavy atom. The molecule has 0 fully saturated rings. The van der Waals surface area contributed by atoms with Crippen LogP contribution < -0.4 is 4.74 Å². The van der Waals surface area contributed by atoms with Gasteiger partial charge >= 0.3 is 11.7 Å². The molecule has 1 aromatic rings. The van der Waals surface area contributed by atoms with Crippen molar-refractivity contribution in [3.63, 3.8) is 0 Å². The van der Waals surface area contributed by atoms with Gasteiger partial charge in [-0.2, -0.15) is 0 Å². The van der Waals surface area contributed by atoms with Gasteiger partial charge in [0.15, 0.2) is 5.75 Å². The van der Waals surface area contributed by atoms with Crippen molar-refractivity contribution >= 4 is 17.7 Å². The van der Waals surface area contributed by atoms with E-state index in [2.05, 4.69) is 0 Å². The number of methoxy groups -OCH3 is 1. The highest BCUT2D eigenvalue weighted by Gasteiger charge is 2.15. The first-order chi connectivity index (χ1) is 8.60. The molecule has 1 aromatic carbocycles. The van der Waals surface area contributed by atoms with Crippen molar-refractivity contribution in [2.75, 3.05) is 7.11 Å². The van der Waals surface area contributed by atoms with E-state index < -0.39 is 10.9 Å². The van der Waals surface area contributed by atoms with Crippen LogP contribution in [-0.2, 0) is 9.53 Å². The third-order valence-electron chi connectivity index (χ3n) is 2.31. The Hall–Kier alpha value is -2.63. The van der Waals surface area contributed by atoms with Gasteiger partial charge in [-0.15, -0.1) is 0 Å². The van der Waals surface area contributed by atoms with Crippen LogP contribution in [0.1, 0.15) is 5.56 Å². The summed E-state index contributed by atoms with van der Waals surface area (Å²) in [5.74, 6) is 0.0739. The molecular formula is C12H9NO5. The van der Waals surface area contributed by atoms with Crippen molar-refractivity contribution in [3.8, 4) is 5.75 Å². The predicted molar refractivity (Wildman–Crippen MR) is 62.9 cm³/mol.